The van der Waals surface area contributed by atoms with Gasteiger partial charge in [-0.25, -0.2) is 4.67 Å². The maximum absolute atomic E-state index is 13.5. The summed E-state index contributed by atoms with van der Waals surface area (Å²) in [5, 5.41) is 13.7. The van der Waals surface area contributed by atoms with Crippen molar-refractivity contribution in [3.63, 3.8) is 0 Å². The Bertz CT molecular complexity index is 1340. The number of carbonyl (C=O) groups excluding carboxylic acids is 1. The van der Waals surface area contributed by atoms with Gasteiger partial charge in [0.1, 0.15) is 6.61 Å². The average molecular weight is 769 g/mol. The number of nitrogens with zero attached hydrogens (tertiary/aromatic N) is 4. The maximum Gasteiger partial charge on any atom is 0.259 e. The first-order valence-electron chi connectivity index (χ1n) is 22.1. The largest absolute Gasteiger partial charge is 0.395 e. The van der Waals surface area contributed by atoms with Crippen molar-refractivity contribution in [3.8, 4) is 6.07 Å². The number of hydrogen-bond acceptors (Lipinski definition) is 7. The van der Waals surface area contributed by atoms with E-state index < -0.39 is 8.53 Å². The van der Waals surface area contributed by atoms with E-state index in [1.807, 2.05) is 4.90 Å². The first-order chi connectivity index (χ1) is 25.7. The van der Waals surface area contributed by atoms with Gasteiger partial charge in [-0.1, -0.05) is 77.6 Å². The van der Waals surface area contributed by atoms with Crippen LogP contribution in [-0.4, -0.2) is 65.2 Å². The monoisotopic (exact) mass is 769 g/mol. The Morgan fingerprint density at radius 1 is 1.06 bits per heavy atom. The molecule has 4 fully saturated rings. The predicted octanol–water partition coefficient (Wildman–Crippen LogP) is 11.5. The standard InChI is InChI=1S/C45H77N4O4P/c1-11-37-29-38(53-54(52-26-13-25-46)49(32(4)5)33(6)7)30-48(37)43(50)22-27-51-47-36-20-23-44(9)35(28-36)16-17-39-41-19-18-40(34(8)15-12-14-31(2)3)45(41,10)24-21-42(39)44/h16,31-34,37-42H,11-15,17-24,26-30H2,1-10H3/b47-36-/t34-,37-,38-,39?,40-,41?,42?,44+,45-,54?/m1/s1. The van der Waals surface area contributed by atoms with E-state index in [0.717, 1.165) is 66.9 Å². The number of fused-ring (bicyclic) bond motifs is 5. The summed E-state index contributed by atoms with van der Waals surface area (Å²) in [6.45, 7) is 24.5. The van der Waals surface area contributed by atoms with Gasteiger partial charge in [0.2, 0.25) is 5.91 Å². The number of carbonyl (C=O) groups is 1. The zero-order chi connectivity index (χ0) is 39.2. The lowest BCUT2D eigenvalue weighted by Crippen LogP contribution is -2.50. The van der Waals surface area contributed by atoms with Crippen LogP contribution in [0.15, 0.2) is 16.8 Å². The molecular weight excluding hydrogens is 691 g/mol. The Labute approximate surface area is 331 Å². The molecule has 4 aliphatic carbocycles. The summed E-state index contributed by atoms with van der Waals surface area (Å²) in [5.74, 6) is 5.18. The second-order valence-electron chi connectivity index (χ2n) is 19.3. The number of hydrogen-bond donors (Lipinski definition) is 0. The van der Waals surface area contributed by atoms with Crippen LogP contribution in [-0.2, 0) is 18.7 Å². The van der Waals surface area contributed by atoms with E-state index in [9.17, 15) is 4.79 Å². The number of amides is 1. The molecule has 4 unspecified atom stereocenters. The van der Waals surface area contributed by atoms with Gasteiger partial charge < -0.3 is 18.8 Å². The summed E-state index contributed by atoms with van der Waals surface area (Å²) < 4.78 is 15.0. The van der Waals surface area contributed by atoms with Crippen molar-refractivity contribution in [2.45, 2.75) is 190 Å². The molecular formula is C45H77N4O4P. The molecule has 0 radical (unpaired) electrons. The molecule has 0 aromatic rings. The molecule has 306 valence electrons. The Morgan fingerprint density at radius 3 is 2.50 bits per heavy atom. The van der Waals surface area contributed by atoms with Gasteiger partial charge >= 0.3 is 0 Å². The molecule has 0 bridgehead atoms. The van der Waals surface area contributed by atoms with E-state index in [4.69, 9.17) is 19.1 Å². The molecule has 0 aromatic carbocycles. The summed E-state index contributed by atoms with van der Waals surface area (Å²) in [7, 11) is -1.34. The van der Waals surface area contributed by atoms with Crippen LogP contribution >= 0.6 is 8.53 Å². The Balaban J connectivity index is 1.12. The second kappa shape index (κ2) is 19.3. The molecule has 9 heteroatoms. The predicted molar refractivity (Wildman–Crippen MR) is 222 cm³/mol. The van der Waals surface area contributed by atoms with Crippen LogP contribution in [0.1, 0.15) is 166 Å². The number of nitriles is 1. The quantitative estimate of drug-likeness (QED) is 0.0597. The van der Waals surface area contributed by atoms with Gasteiger partial charge in [0.05, 0.1) is 37.3 Å². The van der Waals surface area contributed by atoms with Crippen LogP contribution < -0.4 is 0 Å². The van der Waals surface area contributed by atoms with Crippen molar-refractivity contribution >= 4 is 20.1 Å². The number of allylic oxidation sites excluding steroid dienone is 2. The Kier molecular flexibility index (Phi) is 15.6. The molecule has 0 N–H and O–H groups in total. The fraction of sp³-hybridized carbons (Fsp3) is 0.889. The highest BCUT2D eigenvalue weighted by atomic mass is 31.2. The molecule has 5 rings (SSSR count). The van der Waals surface area contributed by atoms with Gasteiger partial charge in [-0.3, -0.25) is 4.79 Å². The molecule has 0 spiro atoms. The summed E-state index contributed by atoms with van der Waals surface area (Å²) in [6, 6.07) is 2.79. The van der Waals surface area contributed by atoms with Crippen molar-refractivity contribution in [1.82, 2.24) is 9.57 Å². The first kappa shape index (κ1) is 43.6. The highest BCUT2D eigenvalue weighted by molar-refractivity contribution is 7.44. The Morgan fingerprint density at radius 2 is 1.81 bits per heavy atom. The fourth-order valence-electron chi connectivity index (χ4n) is 12.1. The normalized spacial score (nSPS) is 34.2. The van der Waals surface area contributed by atoms with Gasteiger partial charge in [-0.2, -0.15) is 5.26 Å². The van der Waals surface area contributed by atoms with Gasteiger partial charge in [0, 0.05) is 31.1 Å². The van der Waals surface area contributed by atoms with E-state index >= 15 is 0 Å². The highest BCUT2D eigenvalue weighted by Crippen LogP contribution is 2.67. The zero-order valence-electron chi connectivity index (χ0n) is 35.9. The third-order valence-corrected chi connectivity index (χ3v) is 17.0. The van der Waals surface area contributed by atoms with Crippen molar-refractivity contribution in [1.29, 1.82) is 5.26 Å². The van der Waals surface area contributed by atoms with Crippen molar-refractivity contribution < 1.29 is 18.7 Å². The molecule has 1 heterocycles. The van der Waals surface area contributed by atoms with Gasteiger partial charge in [0.25, 0.3) is 8.53 Å². The third kappa shape index (κ3) is 9.77. The molecule has 1 amide bonds. The average Bonchev–Trinajstić information content (AvgIpc) is 3.70. The number of oxime groups is 1. The number of rotatable bonds is 18. The Hall–Kier alpha value is -1.52. The van der Waals surface area contributed by atoms with Crippen molar-refractivity contribution in [3.05, 3.63) is 11.6 Å². The van der Waals surface area contributed by atoms with Crippen LogP contribution in [0.25, 0.3) is 0 Å². The molecule has 3 saturated carbocycles. The minimum atomic E-state index is -1.34. The summed E-state index contributed by atoms with van der Waals surface area (Å²) in [5.41, 5.74) is 3.55. The van der Waals surface area contributed by atoms with Crippen LogP contribution in [0.2, 0.25) is 0 Å². The zero-order valence-corrected chi connectivity index (χ0v) is 36.8. The van der Waals surface area contributed by atoms with Crippen LogP contribution in [0.3, 0.4) is 0 Å². The topological polar surface area (TPSA) is 87.4 Å². The van der Waals surface area contributed by atoms with Crippen molar-refractivity contribution in [2.75, 3.05) is 19.8 Å². The molecule has 8 nitrogen and oxygen atoms in total. The third-order valence-electron chi connectivity index (χ3n) is 14.8. The molecule has 1 aliphatic heterocycles. The second-order valence-corrected chi connectivity index (χ2v) is 20.7. The minimum Gasteiger partial charge on any atom is -0.395 e. The van der Waals surface area contributed by atoms with E-state index in [2.05, 4.69) is 91.2 Å². The molecule has 54 heavy (non-hydrogen) atoms. The highest BCUT2D eigenvalue weighted by Gasteiger charge is 2.59. The fourth-order valence-corrected chi connectivity index (χ4v) is 13.8. The van der Waals surface area contributed by atoms with Crippen LogP contribution in [0, 0.1) is 57.7 Å². The van der Waals surface area contributed by atoms with E-state index in [-0.39, 0.29) is 35.6 Å². The SMILES string of the molecule is CC[C@@H]1C[C@@H](OP(OCCC#N)N(C(C)C)C(C)C)CN1C(=O)CCO/N=C1/CC[C@@]2(C)C(=CCC3C2CC[C@@]2(C)C3CC[C@@H]2[C@H](C)CCCC(C)C)C1. The van der Waals surface area contributed by atoms with E-state index in [0.29, 0.717) is 38.0 Å². The lowest BCUT2D eigenvalue weighted by Gasteiger charge is -2.58. The minimum absolute atomic E-state index is 0.0932. The van der Waals surface area contributed by atoms with Crippen LogP contribution in [0.4, 0.5) is 0 Å². The number of likely N-dealkylation sites (tertiary alicyclic amines) is 1. The van der Waals surface area contributed by atoms with Crippen LogP contribution in [0.5, 0.6) is 0 Å². The lowest BCUT2D eigenvalue weighted by atomic mass is 9.47. The summed E-state index contributed by atoms with van der Waals surface area (Å²) >= 11 is 0. The molecule has 5 aliphatic rings. The molecule has 1 saturated heterocycles. The smallest absolute Gasteiger partial charge is 0.259 e. The van der Waals surface area contributed by atoms with Gasteiger partial charge in [0.15, 0.2) is 0 Å². The van der Waals surface area contributed by atoms with Crippen molar-refractivity contribution in [2.24, 2.45) is 51.5 Å². The van der Waals surface area contributed by atoms with E-state index in [1.54, 1.807) is 5.57 Å². The summed E-state index contributed by atoms with van der Waals surface area (Å²) in [6.07, 6.45) is 19.0. The lowest BCUT2D eigenvalue weighted by molar-refractivity contribution is -0.133. The van der Waals surface area contributed by atoms with E-state index in [1.165, 1.54) is 57.8 Å². The molecule has 0 aromatic heterocycles. The maximum atomic E-state index is 13.5. The molecule has 10 atom stereocenters. The first-order valence-corrected chi connectivity index (χ1v) is 23.3. The van der Waals surface area contributed by atoms with Gasteiger partial charge in [-0.15, -0.1) is 0 Å². The van der Waals surface area contributed by atoms with Gasteiger partial charge in [-0.05, 0) is 132 Å². The summed E-state index contributed by atoms with van der Waals surface area (Å²) in [4.78, 5) is 21.4.